The molecule has 0 radical (unpaired) electrons. The third kappa shape index (κ3) is 5.71. The van der Waals surface area contributed by atoms with E-state index >= 15 is 0 Å². The Kier molecular flexibility index (Phi) is 7.63. The lowest BCUT2D eigenvalue weighted by Gasteiger charge is -2.34. The number of piperidine rings is 1. The fourth-order valence-electron chi connectivity index (χ4n) is 4.37. The zero-order valence-corrected chi connectivity index (χ0v) is 19.8. The van der Waals surface area contributed by atoms with Gasteiger partial charge in [-0.1, -0.05) is 17.7 Å². The molecule has 2 aliphatic heterocycles. The Labute approximate surface area is 198 Å². The molecule has 1 unspecified atom stereocenters. The van der Waals surface area contributed by atoms with Crippen LogP contribution < -0.4 is 0 Å². The number of aromatic nitrogens is 1. The summed E-state index contributed by atoms with van der Waals surface area (Å²) in [6, 6.07) is 7.17. The molecular formula is C23H27ClFN3O4S. The number of pyridine rings is 1. The lowest BCUT2D eigenvalue weighted by atomic mass is 9.96. The van der Waals surface area contributed by atoms with Crippen molar-refractivity contribution in [2.45, 2.75) is 43.2 Å². The third-order valence-electron chi connectivity index (χ3n) is 6.19. The summed E-state index contributed by atoms with van der Waals surface area (Å²) >= 11 is 5.77. The molecule has 0 saturated carbocycles. The van der Waals surface area contributed by atoms with E-state index in [9.17, 15) is 17.6 Å². The Balaban J connectivity index is 1.42. The number of hydrogen-bond acceptors (Lipinski definition) is 5. The van der Waals surface area contributed by atoms with Crippen LogP contribution in [0.15, 0.2) is 47.6 Å². The second kappa shape index (κ2) is 10.5. The first-order chi connectivity index (χ1) is 15.8. The fourth-order valence-corrected chi connectivity index (χ4v) is 6.11. The molecule has 0 bridgehead atoms. The van der Waals surface area contributed by atoms with E-state index in [1.165, 1.54) is 10.4 Å². The van der Waals surface area contributed by atoms with Crippen LogP contribution in [-0.2, 0) is 26.1 Å². The minimum atomic E-state index is -3.81. The first-order valence-corrected chi connectivity index (χ1v) is 12.9. The highest BCUT2D eigenvalue weighted by Crippen LogP contribution is 2.28. The zero-order chi connectivity index (χ0) is 23.4. The van der Waals surface area contributed by atoms with Crippen molar-refractivity contribution < 1.29 is 22.3 Å². The van der Waals surface area contributed by atoms with Crippen LogP contribution in [0.3, 0.4) is 0 Å². The van der Waals surface area contributed by atoms with Crippen LogP contribution in [0.5, 0.6) is 0 Å². The zero-order valence-electron chi connectivity index (χ0n) is 18.2. The molecule has 1 aromatic heterocycles. The summed E-state index contributed by atoms with van der Waals surface area (Å²) in [5.41, 5.74) is 0.942. The molecule has 0 spiro atoms. The number of amides is 1. The van der Waals surface area contributed by atoms with Crippen LogP contribution in [0.2, 0.25) is 5.02 Å². The summed E-state index contributed by atoms with van der Waals surface area (Å²) in [6.07, 6.45) is 6.22. The molecule has 2 saturated heterocycles. The number of hydrogen-bond donors (Lipinski definition) is 0. The summed E-state index contributed by atoms with van der Waals surface area (Å²) in [4.78, 5) is 19.3. The monoisotopic (exact) mass is 495 g/mol. The van der Waals surface area contributed by atoms with Crippen molar-refractivity contribution in [2.24, 2.45) is 5.92 Å². The summed E-state index contributed by atoms with van der Waals surface area (Å²) in [7, 11) is -3.81. The second-order valence-electron chi connectivity index (χ2n) is 8.47. The number of halogens is 2. The molecule has 33 heavy (non-hydrogen) atoms. The highest BCUT2D eigenvalue weighted by atomic mass is 35.5. The summed E-state index contributed by atoms with van der Waals surface area (Å²) < 4.78 is 46.5. The van der Waals surface area contributed by atoms with Gasteiger partial charge in [0, 0.05) is 51.1 Å². The van der Waals surface area contributed by atoms with Crippen molar-refractivity contribution >= 4 is 27.5 Å². The van der Waals surface area contributed by atoms with Gasteiger partial charge in [-0.15, -0.1) is 0 Å². The quantitative estimate of drug-likeness (QED) is 0.587. The van der Waals surface area contributed by atoms with Gasteiger partial charge in [0.25, 0.3) is 0 Å². The maximum atomic E-state index is 13.5. The minimum absolute atomic E-state index is 0.0104. The Bertz CT molecular complexity index is 1070. The van der Waals surface area contributed by atoms with Gasteiger partial charge in [-0.3, -0.25) is 9.78 Å². The van der Waals surface area contributed by atoms with E-state index in [-0.39, 0.29) is 40.9 Å². The lowest BCUT2D eigenvalue weighted by molar-refractivity contribution is -0.139. The Morgan fingerprint density at radius 3 is 2.67 bits per heavy atom. The molecule has 3 heterocycles. The van der Waals surface area contributed by atoms with Crippen LogP contribution in [-0.4, -0.2) is 60.9 Å². The van der Waals surface area contributed by atoms with Gasteiger partial charge < -0.3 is 9.64 Å². The van der Waals surface area contributed by atoms with Gasteiger partial charge in [0.1, 0.15) is 5.82 Å². The fraction of sp³-hybridized carbons (Fsp3) is 0.478. The predicted octanol–water partition coefficient (Wildman–Crippen LogP) is 3.48. The lowest BCUT2D eigenvalue weighted by Crippen LogP contribution is -2.45. The molecule has 2 aromatic rings. The van der Waals surface area contributed by atoms with E-state index in [1.54, 1.807) is 12.4 Å². The largest absolute Gasteiger partial charge is 0.376 e. The first-order valence-electron chi connectivity index (χ1n) is 11.1. The van der Waals surface area contributed by atoms with Gasteiger partial charge in [-0.2, -0.15) is 4.31 Å². The van der Waals surface area contributed by atoms with Crippen LogP contribution in [0.25, 0.3) is 0 Å². The molecule has 7 nitrogen and oxygen atoms in total. The topological polar surface area (TPSA) is 79.8 Å². The van der Waals surface area contributed by atoms with E-state index in [4.69, 9.17) is 16.3 Å². The maximum Gasteiger partial charge on any atom is 0.243 e. The van der Waals surface area contributed by atoms with Crippen molar-refractivity contribution in [3.05, 3.63) is 59.1 Å². The third-order valence-corrected chi connectivity index (χ3v) is 8.37. The molecular weight excluding hydrogens is 469 g/mol. The van der Waals surface area contributed by atoms with E-state index < -0.39 is 15.8 Å². The predicted molar refractivity (Wildman–Crippen MR) is 122 cm³/mol. The van der Waals surface area contributed by atoms with Gasteiger partial charge in [-0.25, -0.2) is 12.8 Å². The van der Waals surface area contributed by atoms with Gasteiger partial charge in [-0.05, 0) is 55.5 Å². The van der Waals surface area contributed by atoms with Gasteiger partial charge in [0.2, 0.25) is 15.9 Å². The van der Waals surface area contributed by atoms with Crippen molar-refractivity contribution in [3.8, 4) is 0 Å². The first kappa shape index (κ1) is 24.1. The van der Waals surface area contributed by atoms with E-state index in [2.05, 4.69) is 4.98 Å². The molecule has 178 valence electrons. The van der Waals surface area contributed by atoms with Crippen molar-refractivity contribution in [1.29, 1.82) is 0 Å². The van der Waals surface area contributed by atoms with Crippen molar-refractivity contribution in [1.82, 2.24) is 14.2 Å². The molecule has 1 aromatic carbocycles. The van der Waals surface area contributed by atoms with E-state index in [0.29, 0.717) is 32.5 Å². The Morgan fingerprint density at radius 2 is 2.03 bits per heavy atom. The smallest absolute Gasteiger partial charge is 0.243 e. The molecule has 10 heteroatoms. The number of benzene rings is 1. The van der Waals surface area contributed by atoms with Gasteiger partial charge in [0.05, 0.1) is 16.0 Å². The maximum absolute atomic E-state index is 13.5. The second-order valence-corrected chi connectivity index (χ2v) is 10.8. The molecule has 2 fully saturated rings. The van der Waals surface area contributed by atoms with Gasteiger partial charge in [0.15, 0.2) is 0 Å². The Hall–Kier alpha value is -2.07. The summed E-state index contributed by atoms with van der Waals surface area (Å²) in [5, 5.41) is -0.235. The molecule has 4 rings (SSSR count). The number of rotatable bonds is 7. The number of carbonyl (C=O) groups is 1. The number of nitrogens with zero attached hydrogens (tertiary/aromatic N) is 3. The average molecular weight is 496 g/mol. The summed E-state index contributed by atoms with van der Waals surface area (Å²) in [5.74, 6) is -0.928. The molecule has 1 atom stereocenters. The SMILES string of the molecule is O=C(C1CCN(S(=O)(=O)c2ccc(F)c(Cl)c2)CC1)N(Cc1cccnc1)CC1CCCO1. The minimum Gasteiger partial charge on any atom is -0.376 e. The van der Waals surface area contributed by atoms with Crippen molar-refractivity contribution in [2.75, 3.05) is 26.2 Å². The number of sulfonamides is 1. The van der Waals surface area contributed by atoms with E-state index in [0.717, 1.165) is 30.5 Å². The van der Waals surface area contributed by atoms with E-state index in [1.807, 2.05) is 17.0 Å². The van der Waals surface area contributed by atoms with Crippen LogP contribution in [0.4, 0.5) is 4.39 Å². The Morgan fingerprint density at radius 1 is 1.24 bits per heavy atom. The molecule has 2 aliphatic rings. The van der Waals surface area contributed by atoms with Crippen LogP contribution in [0, 0.1) is 11.7 Å². The normalized spacial score (nSPS) is 20.1. The van der Waals surface area contributed by atoms with Gasteiger partial charge >= 0.3 is 0 Å². The highest BCUT2D eigenvalue weighted by molar-refractivity contribution is 7.89. The van der Waals surface area contributed by atoms with Crippen molar-refractivity contribution in [3.63, 3.8) is 0 Å². The number of ether oxygens (including phenoxy) is 1. The molecule has 0 N–H and O–H groups in total. The number of carbonyl (C=O) groups excluding carboxylic acids is 1. The summed E-state index contributed by atoms with van der Waals surface area (Å²) in [6.45, 7) is 2.10. The highest BCUT2D eigenvalue weighted by Gasteiger charge is 2.35. The van der Waals surface area contributed by atoms with Crippen LogP contribution >= 0.6 is 11.6 Å². The molecule has 0 aliphatic carbocycles. The van der Waals surface area contributed by atoms with Crippen LogP contribution in [0.1, 0.15) is 31.2 Å². The molecule has 1 amide bonds. The standard InChI is InChI=1S/C23H27ClFN3O4S/c24-21-13-20(5-6-22(21)25)33(30,31)28-10-7-18(8-11-28)23(29)27(16-19-4-2-12-32-19)15-17-3-1-9-26-14-17/h1,3,5-6,9,13-14,18-19H,2,4,7-8,10-12,15-16H2. The average Bonchev–Trinajstić information content (AvgIpc) is 3.34.